The van der Waals surface area contributed by atoms with Gasteiger partial charge in [0.2, 0.25) is 11.8 Å². The molecule has 1 aliphatic carbocycles. The van der Waals surface area contributed by atoms with Gasteiger partial charge in [-0.25, -0.2) is 0 Å². The molecular weight excluding hydrogens is 254 g/mol. The van der Waals surface area contributed by atoms with Gasteiger partial charge in [-0.2, -0.15) is 4.98 Å². The van der Waals surface area contributed by atoms with Crippen molar-refractivity contribution in [2.75, 3.05) is 13.1 Å². The molecule has 1 aliphatic heterocycles. The fraction of sp³-hybridized carbons (Fsp3) is 0.667. The van der Waals surface area contributed by atoms with Gasteiger partial charge >= 0.3 is 0 Å². The van der Waals surface area contributed by atoms with Gasteiger partial charge in [0.05, 0.1) is 5.92 Å². The molecule has 0 spiro atoms. The largest absolute Gasteiger partial charge is 0.342 e. The fourth-order valence-electron chi connectivity index (χ4n) is 3.13. The van der Waals surface area contributed by atoms with Gasteiger partial charge in [-0.15, -0.1) is 0 Å². The number of hydrogen-bond acceptors (Lipinski definition) is 4. The number of allylic oxidation sites excluding steroid dienone is 2. The first kappa shape index (κ1) is 13.3. The zero-order chi connectivity index (χ0) is 13.9. The number of carbonyl (C=O) groups excluding carboxylic acids is 1. The SMILES string of the molecule is Cc1noc([C@H]2CCCN(C(=O)[C@@H]3CC=CCC3)C2)n1. The Kier molecular flexibility index (Phi) is 3.85. The molecule has 1 aromatic heterocycles. The van der Waals surface area contributed by atoms with Crippen LogP contribution >= 0.6 is 0 Å². The lowest BCUT2D eigenvalue weighted by molar-refractivity contribution is -0.137. The van der Waals surface area contributed by atoms with E-state index in [1.165, 1.54) is 0 Å². The molecule has 1 fully saturated rings. The molecule has 1 saturated heterocycles. The van der Waals surface area contributed by atoms with Crippen molar-refractivity contribution < 1.29 is 9.32 Å². The van der Waals surface area contributed by atoms with Gasteiger partial charge in [-0.05, 0) is 39.0 Å². The Morgan fingerprint density at radius 1 is 1.40 bits per heavy atom. The first-order valence-corrected chi connectivity index (χ1v) is 7.48. The Hall–Kier alpha value is -1.65. The third-order valence-corrected chi connectivity index (χ3v) is 4.24. The summed E-state index contributed by atoms with van der Waals surface area (Å²) in [4.78, 5) is 18.9. The number of carbonyl (C=O) groups is 1. The van der Waals surface area contributed by atoms with Crippen LogP contribution in [0.3, 0.4) is 0 Å². The van der Waals surface area contributed by atoms with Gasteiger partial charge in [0, 0.05) is 19.0 Å². The van der Waals surface area contributed by atoms with E-state index in [2.05, 4.69) is 22.3 Å². The van der Waals surface area contributed by atoms with E-state index in [1.54, 1.807) is 0 Å². The number of amides is 1. The molecule has 2 atom stereocenters. The summed E-state index contributed by atoms with van der Waals surface area (Å²) in [6, 6.07) is 0. The Balaban J connectivity index is 1.65. The molecule has 5 nitrogen and oxygen atoms in total. The van der Waals surface area contributed by atoms with Crippen LogP contribution in [0.1, 0.15) is 49.7 Å². The second kappa shape index (κ2) is 5.77. The average Bonchev–Trinajstić information content (AvgIpc) is 2.94. The van der Waals surface area contributed by atoms with Crippen molar-refractivity contribution >= 4 is 5.91 Å². The van der Waals surface area contributed by atoms with Crippen LogP contribution < -0.4 is 0 Å². The molecule has 2 aliphatic rings. The molecule has 0 radical (unpaired) electrons. The Bertz CT molecular complexity index is 509. The molecular formula is C15H21N3O2. The van der Waals surface area contributed by atoms with Crippen molar-refractivity contribution in [3.8, 4) is 0 Å². The van der Waals surface area contributed by atoms with E-state index in [-0.39, 0.29) is 11.8 Å². The van der Waals surface area contributed by atoms with Gasteiger partial charge < -0.3 is 9.42 Å². The van der Waals surface area contributed by atoms with Crippen LogP contribution in [-0.2, 0) is 4.79 Å². The smallest absolute Gasteiger partial charge is 0.231 e. The van der Waals surface area contributed by atoms with Crippen molar-refractivity contribution in [3.63, 3.8) is 0 Å². The summed E-state index contributed by atoms with van der Waals surface area (Å²) in [5, 5.41) is 3.85. The molecule has 5 heteroatoms. The highest BCUT2D eigenvalue weighted by atomic mass is 16.5. The summed E-state index contributed by atoms with van der Waals surface area (Å²) in [5.74, 6) is 2.02. The number of hydrogen-bond donors (Lipinski definition) is 0. The van der Waals surface area contributed by atoms with Crippen molar-refractivity contribution in [1.29, 1.82) is 0 Å². The summed E-state index contributed by atoms with van der Waals surface area (Å²) in [6.07, 6.45) is 9.24. The molecule has 0 saturated carbocycles. The van der Waals surface area contributed by atoms with Gasteiger partial charge in [0.25, 0.3) is 0 Å². The number of aryl methyl sites for hydroxylation is 1. The van der Waals surface area contributed by atoms with E-state index < -0.39 is 0 Å². The molecule has 3 rings (SSSR count). The summed E-state index contributed by atoms with van der Waals surface area (Å²) >= 11 is 0. The first-order valence-electron chi connectivity index (χ1n) is 7.48. The normalized spacial score (nSPS) is 26.8. The topological polar surface area (TPSA) is 59.2 Å². The molecule has 0 N–H and O–H groups in total. The predicted octanol–water partition coefficient (Wildman–Crippen LogP) is 2.44. The molecule has 0 aromatic carbocycles. The highest BCUT2D eigenvalue weighted by Gasteiger charge is 2.31. The number of nitrogens with zero attached hydrogens (tertiary/aromatic N) is 3. The van der Waals surface area contributed by atoms with Crippen LogP contribution in [0, 0.1) is 12.8 Å². The molecule has 20 heavy (non-hydrogen) atoms. The third kappa shape index (κ3) is 2.76. The fourth-order valence-corrected chi connectivity index (χ4v) is 3.13. The number of piperidine rings is 1. The quantitative estimate of drug-likeness (QED) is 0.778. The number of likely N-dealkylation sites (tertiary alicyclic amines) is 1. The zero-order valence-electron chi connectivity index (χ0n) is 11.9. The highest BCUT2D eigenvalue weighted by Crippen LogP contribution is 2.28. The lowest BCUT2D eigenvalue weighted by atomic mass is 9.91. The maximum atomic E-state index is 12.6. The van der Waals surface area contributed by atoms with Crippen LogP contribution in [0.5, 0.6) is 0 Å². The van der Waals surface area contributed by atoms with Crippen molar-refractivity contribution in [1.82, 2.24) is 15.0 Å². The van der Waals surface area contributed by atoms with Crippen molar-refractivity contribution in [2.45, 2.75) is 44.9 Å². The summed E-state index contributed by atoms with van der Waals surface area (Å²) < 4.78 is 5.27. The molecule has 0 bridgehead atoms. The van der Waals surface area contributed by atoms with E-state index >= 15 is 0 Å². The number of aromatic nitrogens is 2. The van der Waals surface area contributed by atoms with Crippen molar-refractivity contribution in [3.05, 3.63) is 23.9 Å². The minimum atomic E-state index is 0.170. The second-order valence-corrected chi connectivity index (χ2v) is 5.78. The summed E-state index contributed by atoms with van der Waals surface area (Å²) in [6.45, 7) is 3.41. The lowest BCUT2D eigenvalue weighted by Gasteiger charge is -2.34. The van der Waals surface area contributed by atoms with E-state index in [0.717, 1.165) is 45.2 Å². The first-order chi connectivity index (χ1) is 9.74. The van der Waals surface area contributed by atoms with Gasteiger partial charge in [-0.1, -0.05) is 17.3 Å². The standard InChI is InChI=1S/C15H21N3O2/c1-11-16-14(20-17-11)13-8-5-9-18(10-13)15(19)12-6-3-2-4-7-12/h2-3,12-13H,4-10H2,1H3/t12-,13+/m1/s1. The molecule has 0 unspecified atom stereocenters. The molecule has 1 amide bonds. The van der Waals surface area contributed by atoms with Crippen LogP contribution in [-0.4, -0.2) is 34.0 Å². The second-order valence-electron chi connectivity index (χ2n) is 5.78. The Labute approximate surface area is 119 Å². The van der Waals surface area contributed by atoms with Crippen LogP contribution in [0.4, 0.5) is 0 Å². The Morgan fingerprint density at radius 3 is 3.00 bits per heavy atom. The lowest BCUT2D eigenvalue weighted by Crippen LogP contribution is -2.42. The van der Waals surface area contributed by atoms with Crippen LogP contribution in [0.2, 0.25) is 0 Å². The predicted molar refractivity (Wildman–Crippen MR) is 74.1 cm³/mol. The summed E-state index contributed by atoms with van der Waals surface area (Å²) in [5.41, 5.74) is 0. The van der Waals surface area contributed by atoms with Crippen LogP contribution in [0.15, 0.2) is 16.7 Å². The number of rotatable bonds is 2. The van der Waals surface area contributed by atoms with Gasteiger partial charge in [0.1, 0.15) is 0 Å². The van der Waals surface area contributed by atoms with E-state index in [4.69, 9.17) is 4.52 Å². The minimum Gasteiger partial charge on any atom is -0.342 e. The van der Waals surface area contributed by atoms with Gasteiger partial charge in [-0.3, -0.25) is 4.79 Å². The maximum absolute atomic E-state index is 12.6. The third-order valence-electron chi connectivity index (χ3n) is 4.24. The zero-order valence-corrected chi connectivity index (χ0v) is 11.9. The average molecular weight is 275 g/mol. The maximum Gasteiger partial charge on any atom is 0.231 e. The van der Waals surface area contributed by atoms with E-state index in [0.29, 0.717) is 17.6 Å². The Morgan fingerprint density at radius 2 is 2.30 bits per heavy atom. The monoisotopic (exact) mass is 275 g/mol. The summed E-state index contributed by atoms with van der Waals surface area (Å²) in [7, 11) is 0. The van der Waals surface area contributed by atoms with E-state index in [9.17, 15) is 4.79 Å². The molecule has 1 aromatic rings. The molecule has 108 valence electrons. The highest BCUT2D eigenvalue weighted by molar-refractivity contribution is 5.79. The minimum absolute atomic E-state index is 0.170. The van der Waals surface area contributed by atoms with Gasteiger partial charge in [0.15, 0.2) is 5.82 Å². The van der Waals surface area contributed by atoms with Crippen LogP contribution in [0.25, 0.3) is 0 Å². The van der Waals surface area contributed by atoms with Crippen molar-refractivity contribution in [2.24, 2.45) is 5.92 Å². The molecule has 2 heterocycles. The van der Waals surface area contributed by atoms with E-state index in [1.807, 2.05) is 11.8 Å².